The van der Waals surface area contributed by atoms with Gasteiger partial charge in [0.05, 0.1) is 18.4 Å². The maximum atomic E-state index is 12.4. The van der Waals surface area contributed by atoms with Gasteiger partial charge in [0.2, 0.25) is 5.91 Å². The molecule has 188 valence electrons. The van der Waals surface area contributed by atoms with Crippen LogP contribution < -0.4 is 21.1 Å². The van der Waals surface area contributed by atoms with E-state index in [0.717, 1.165) is 0 Å². The first-order valence-corrected chi connectivity index (χ1v) is 11.6. The number of aromatic amines is 1. The fraction of sp³-hybridized carbons (Fsp3) is 0.667. The Balaban J connectivity index is 1.36. The number of alkyl carbamates (subject to hydrolysis) is 2. The van der Waals surface area contributed by atoms with Crippen molar-refractivity contribution < 1.29 is 23.9 Å². The minimum absolute atomic E-state index is 0.0581. The molecule has 3 amide bonds. The molecule has 2 aliphatic heterocycles. The number of carbonyl (C=O) groups is 3. The number of anilines is 1. The van der Waals surface area contributed by atoms with Crippen molar-refractivity contribution in [3.8, 4) is 0 Å². The van der Waals surface area contributed by atoms with E-state index in [0.29, 0.717) is 51.1 Å². The predicted molar refractivity (Wildman–Crippen MR) is 124 cm³/mol. The SMILES string of the molecule is CC(C)(C)OC(=O)NCC(=O)N1CCC(NC(=O)O[C@@H]2CCN(c3cn[nH]c(=O)c3Cl)C2)CC1. The predicted octanol–water partition coefficient (Wildman–Crippen LogP) is 1.24. The van der Waals surface area contributed by atoms with Crippen LogP contribution in [0, 0.1) is 0 Å². The molecule has 34 heavy (non-hydrogen) atoms. The summed E-state index contributed by atoms with van der Waals surface area (Å²) in [5.74, 6) is -0.203. The summed E-state index contributed by atoms with van der Waals surface area (Å²) in [6.45, 7) is 7.03. The van der Waals surface area contributed by atoms with Crippen LogP contribution in [0.5, 0.6) is 0 Å². The molecule has 12 nitrogen and oxygen atoms in total. The number of hydrogen-bond acceptors (Lipinski definition) is 8. The number of carbonyl (C=O) groups excluding carboxylic acids is 3. The van der Waals surface area contributed by atoms with Crippen molar-refractivity contribution >= 4 is 35.4 Å². The molecule has 0 spiro atoms. The summed E-state index contributed by atoms with van der Waals surface area (Å²) >= 11 is 6.05. The summed E-state index contributed by atoms with van der Waals surface area (Å²) in [4.78, 5) is 51.5. The Labute approximate surface area is 202 Å². The monoisotopic (exact) mass is 498 g/mol. The number of aromatic nitrogens is 2. The first-order chi connectivity index (χ1) is 16.0. The Kier molecular flexibility index (Phi) is 8.24. The lowest BCUT2D eigenvalue weighted by Crippen LogP contribution is -2.49. The van der Waals surface area contributed by atoms with E-state index < -0.39 is 23.3 Å². The molecular weight excluding hydrogens is 468 g/mol. The average Bonchev–Trinajstić information content (AvgIpc) is 3.21. The van der Waals surface area contributed by atoms with Crippen molar-refractivity contribution in [2.45, 2.75) is 57.8 Å². The van der Waals surface area contributed by atoms with E-state index in [1.165, 1.54) is 6.20 Å². The number of halogens is 1. The third kappa shape index (κ3) is 7.24. The third-order valence-electron chi connectivity index (χ3n) is 5.49. The normalized spacial score (nSPS) is 19.0. The minimum Gasteiger partial charge on any atom is -0.444 e. The summed E-state index contributed by atoms with van der Waals surface area (Å²) in [5.41, 5.74) is -0.588. The first kappa shape index (κ1) is 25.6. The lowest BCUT2D eigenvalue weighted by atomic mass is 10.1. The highest BCUT2D eigenvalue weighted by atomic mass is 35.5. The van der Waals surface area contributed by atoms with E-state index in [2.05, 4.69) is 20.8 Å². The van der Waals surface area contributed by atoms with Gasteiger partial charge < -0.3 is 29.9 Å². The van der Waals surface area contributed by atoms with Gasteiger partial charge in [-0.05, 0) is 33.6 Å². The molecule has 0 saturated carbocycles. The quantitative estimate of drug-likeness (QED) is 0.549. The van der Waals surface area contributed by atoms with Crippen LogP contribution in [0.4, 0.5) is 15.3 Å². The van der Waals surface area contributed by atoms with Crippen molar-refractivity contribution in [2.75, 3.05) is 37.6 Å². The fourth-order valence-electron chi connectivity index (χ4n) is 3.84. The van der Waals surface area contributed by atoms with Crippen molar-refractivity contribution in [2.24, 2.45) is 0 Å². The van der Waals surface area contributed by atoms with Crippen LogP contribution >= 0.6 is 11.6 Å². The molecule has 0 unspecified atom stereocenters. The molecule has 1 aromatic heterocycles. The molecule has 13 heteroatoms. The van der Waals surface area contributed by atoms with Gasteiger partial charge in [-0.1, -0.05) is 11.6 Å². The minimum atomic E-state index is -0.636. The molecule has 2 fully saturated rings. The van der Waals surface area contributed by atoms with Gasteiger partial charge >= 0.3 is 12.2 Å². The summed E-state index contributed by atoms with van der Waals surface area (Å²) in [7, 11) is 0. The van der Waals surface area contributed by atoms with E-state index in [9.17, 15) is 19.2 Å². The third-order valence-corrected chi connectivity index (χ3v) is 5.85. The summed E-state index contributed by atoms with van der Waals surface area (Å²) in [5, 5.41) is 11.4. The highest BCUT2D eigenvalue weighted by molar-refractivity contribution is 6.33. The number of likely N-dealkylation sites (tertiary alicyclic amines) is 1. The maximum Gasteiger partial charge on any atom is 0.408 e. The van der Waals surface area contributed by atoms with E-state index in [1.807, 2.05) is 4.90 Å². The van der Waals surface area contributed by atoms with Gasteiger partial charge in [-0.25, -0.2) is 14.7 Å². The number of nitrogens with one attached hydrogen (secondary N) is 3. The van der Waals surface area contributed by atoms with E-state index in [-0.39, 0.29) is 29.6 Å². The molecule has 0 bridgehead atoms. The van der Waals surface area contributed by atoms with Crippen LogP contribution in [-0.4, -0.2) is 83.7 Å². The van der Waals surface area contributed by atoms with Gasteiger partial charge in [-0.2, -0.15) is 5.10 Å². The van der Waals surface area contributed by atoms with Gasteiger partial charge in [0.1, 0.15) is 23.3 Å². The molecule has 0 aliphatic carbocycles. The number of H-pyrrole nitrogens is 1. The number of nitrogens with zero attached hydrogens (tertiary/aromatic N) is 3. The first-order valence-electron chi connectivity index (χ1n) is 11.2. The topological polar surface area (TPSA) is 146 Å². The average molecular weight is 499 g/mol. The Morgan fingerprint density at radius 2 is 1.88 bits per heavy atom. The lowest BCUT2D eigenvalue weighted by molar-refractivity contribution is -0.131. The number of hydrogen-bond donors (Lipinski definition) is 3. The smallest absolute Gasteiger partial charge is 0.408 e. The Bertz CT molecular complexity index is 956. The van der Waals surface area contributed by atoms with Gasteiger partial charge in [0, 0.05) is 32.1 Å². The van der Waals surface area contributed by atoms with Crippen molar-refractivity contribution in [3.63, 3.8) is 0 Å². The van der Waals surface area contributed by atoms with Gasteiger partial charge in [0.15, 0.2) is 0 Å². The molecule has 0 radical (unpaired) electrons. The zero-order valence-corrected chi connectivity index (χ0v) is 20.3. The zero-order valence-electron chi connectivity index (χ0n) is 19.6. The van der Waals surface area contributed by atoms with E-state index >= 15 is 0 Å². The van der Waals surface area contributed by atoms with Crippen LogP contribution in [0.2, 0.25) is 5.02 Å². The summed E-state index contributed by atoms with van der Waals surface area (Å²) in [6, 6.07) is -0.112. The molecule has 1 aromatic rings. The van der Waals surface area contributed by atoms with Crippen molar-refractivity contribution in [1.29, 1.82) is 0 Å². The second kappa shape index (κ2) is 10.9. The van der Waals surface area contributed by atoms with Crippen molar-refractivity contribution in [1.82, 2.24) is 25.7 Å². The summed E-state index contributed by atoms with van der Waals surface area (Å²) < 4.78 is 10.7. The summed E-state index contributed by atoms with van der Waals surface area (Å²) in [6.07, 6.45) is 1.76. The molecule has 2 saturated heterocycles. The fourth-order valence-corrected chi connectivity index (χ4v) is 4.05. The molecular formula is C21H31ClN6O6. The molecule has 1 atom stereocenters. The molecule has 2 aliphatic rings. The van der Waals surface area contributed by atoms with Crippen LogP contribution in [-0.2, 0) is 14.3 Å². The number of amides is 3. The molecule has 0 aromatic carbocycles. The lowest BCUT2D eigenvalue weighted by Gasteiger charge is -2.32. The Morgan fingerprint density at radius 3 is 2.56 bits per heavy atom. The van der Waals surface area contributed by atoms with Crippen molar-refractivity contribution in [3.05, 3.63) is 21.6 Å². The van der Waals surface area contributed by atoms with Crippen LogP contribution in [0.1, 0.15) is 40.0 Å². The van der Waals surface area contributed by atoms with Gasteiger partial charge in [-0.3, -0.25) is 9.59 Å². The second-order valence-corrected chi connectivity index (χ2v) is 9.69. The largest absolute Gasteiger partial charge is 0.444 e. The Morgan fingerprint density at radius 1 is 1.18 bits per heavy atom. The van der Waals surface area contributed by atoms with Gasteiger partial charge in [0.25, 0.3) is 5.56 Å². The van der Waals surface area contributed by atoms with Crippen LogP contribution in [0.15, 0.2) is 11.0 Å². The molecule has 3 heterocycles. The second-order valence-electron chi connectivity index (χ2n) is 9.32. The van der Waals surface area contributed by atoms with Gasteiger partial charge in [-0.15, -0.1) is 0 Å². The number of piperidine rings is 1. The molecule has 3 N–H and O–H groups in total. The highest BCUT2D eigenvalue weighted by Gasteiger charge is 2.30. The molecule has 3 rings (SSSR count). The highest BCUT2D eigenvalue weighted by Crippen LogP contribution is 2.25. The maximum absolute atomic E-state index is 12.4. The Hall–Kier alpha value is -3.02. The number of ether oxygens (including phenoxy) is 2. The number of rotatable bonds is 5. The van der Waals surface area contributed by atoms with E-state index in [4.69, 9.17) is 21.1 Å². The van der Waals surface area contributed by atoms with Crippen LogP contribution in [0.25, 0.3) is 0 Å². The zero-order chi connectivity index (χ0) is 24.9. The van der Waals surface area contributed by atoms with Crippen LogP contribution in [0.3, 0.4) is 0 Å². The van der Waals surface area contributed by atoms with E-state index in [1.54, 1.807) is 25.7 Å². The standard InChI is InChI=1S/C21H31ClN6O6/c1-21(2,3)34-19(31)23-11-16(29)27-7-4-13(5-8-27)25-20(32)33-14-6-9-28(12-14)15-10-24-26-18(30)17(15)22/h10,13-14H,4-9,11-12H2,1-3H3,(H,23,31)(H,25,32)(H,26,30)/t14-/m1/s1.